The number of esters is 1. The Morgan fingerprint density at radius 2 is 1.61 bits per heavy atom. The molecule has 0 unspecified atom stereocenters. The maximum Gasteiger partial charge on any atom is 0.341 e. The van der Waals surface area contributed by atoms with E-state index in [1.807, 2.05) is 30.3 Å². The number of sulfonamides is 1. The van der Waals surface area contributed by atoms with Crippen molar-refractivity contribution in [3.05, 3.63) is 106 Å². The highest BCUT2D eigenvalue weighted by atomic mass is 32.2. The van der Waals surface area contributed by atoms with Gasteiger partial charge in [0.2, 0.25) is 0 Å². The van der Waals surface area contributed by atoms with Gasteiger partial charge in [-0.25, -0.2) is 13.2 Å². The Balaban J connectivity index is 1.49. The van der Waals surface area contributed by atoms with E-state index in [0.717, 1.165) is 16.8 Å². The lowest BCUT2D eigenvalue weighted by atomic mass is 10.1. The first kappa shape index (κ1) is 26.3. The third-order valence-electron chi connectivity index (χ3n) is 5.75. The number of nitrogens with zero attached hydrogens (tertiary/aromatic N) is 1. The van der Waals surface area contributed by atoms with Crippen molar-refractivity contribution in [1.29, 1.82) is 0 Å². The van der Waals surface area contributed by atoms with Crippen LogP contribution in [0.4, 0.5) is 17.1 Å². The Hall–Kier alpha value is -4.77. The van der Waals surface area contributed by atoms with Gasteiger partial charge in [0.05, 0.1) is 21.1 Å². The standard InChI is InChI=1S/C27H23N3O7S/c1-17-11-14-22(16-25(17)30(33)34)38(35,36)29-24-10-6-5-9-23(24)27(32)37-18(2)26(31)28-21-13-12-19-7-3-4-8-20(19)15-21/h3-16,18,29H,1-2H3,(H,28,31)/t18-/m0/s1. The molecule has 4 rings (SSSR count). The highest BCUT2D eigenvalue weighted by Gasteiger charge is 2.25. The monoisotopic (exact) mass is 533 g/mol. The lowest BCUT2D eigenvalue weighted by molar-refractivity contribution is -0.385. The van der Waals surface area contributed by atoms with Crippen molar-refractivity contribution in [2.75, 3.05) is 10.0 Å². The van der Waals surface area contributed by atoms with Crippen LogP contribution in [0.2, 0.25) is 0 Å². The largest absolute Gasteiger partial charge is 0.449 e. The van der Waals surface area contributed by atoms with Gasteiger partial charge in [-0.1, -0.05) is 48.5 Å². The average molecular weight is 534 g/mol. The van der Waals surface area contributed by atoms with Crippen molar-refractivity contribution in [2.45, 2.75) is 24.8 Å². The molecule has 2 N–H and O–H groups in total. The SMILES string of the molecule is Cc1ccc(S(=O)(=O)Nc2ccccc2C(=O)O[C@@H](C)C(=O)Nc2ccc3ccccc3c2)cc1[N+](=O)[O-]. The van der Waals surface area contributed by atoms with Crippen LogP contribution in [-0.2, 0) is 19.6 Å². The van der Waals surface area contributed by atoms with Crippen molar-refractivity contribution in [1.82, 2.24) is 0 Å². The van der Waals surface area contributed by atoms with E-state index in [2.05, 4.69) is 10.0 Å². The number of rotatable bonds is 8. The van der Waals surface area contributed by atoms with E-state index >= 15 is 0 Å². The van der Waals surface area contributed by atoms with Crippen LogP contribution in [0.15, 0.2) is 89.8 Å². The summed E-state index contributed by atoms with van der Waals surface area (Å²) < 4.78 is 33.5. The molecular formula is C27H23N3O7S. The van der Waals surface area contributed by atoms with E-state index in [0.29, 0.717) is 11.3 Å². The molecule has 0 bridgehead atoms. The van der Waals surface area contributed by atoms with Crippen LogP contribution in [0, 0.1) is 17.0 Å². The summed E-state index contributed by atoms with van der Waals surface area (Å²) in [6.45, 7) is 2.89. The Bertz CT molecular complexity index is 1670. The van der Waals surface area contributed by atoms with Crippen molar-refractivity contribution in [3.63, 3.8) is 0 Å². The highest BCUT2D eigenvalue weighted by Crippen LogP contribution is 2.26. The van der Waals surface area contributed by atoms with Gasteiger partial charge >= 0.3 is 5.97 Å². The van der Waals surface area contributed by atoms with E-state index < -0.39 is 32.9 Å². The van der Waals surface area contributed by atoms with Crippen LogP contribution in [0.25, 0.3) is 10.8 Å². The number of anilines is 2. The van der Waals surface area contributed by atoms with Crippen LogP contribution >= 0.6 is 0 Å². The maximum absolute atomic E-state index is 12.9. The molecule has 11 heteroatoms. The summed E-state index contributed by atoms with van der Waals surface area (Å²) in [7, 11) is -4.29. The molecule has 0 heterocycles. The summed E-state index contributed by atoms with van der Waals surface area (Å²) in [5.74, 6) is -1.50. The lowest BCUT2D eigenvalue weighted by Gasteiger charge is -2.16. The number of nitrogens with one attached hydrogen (secondary N) is 2. The van der Waals surface area contributed by atoms with E-state index in [4.69, 9.17) is 4.74 Å². The van der Waals surface area contributed by atoms with E-state index in [1.54, 1.807) is 12.1 Å². The number of para-hydroxylation sites is 1. The normalized spacial score (nSPS) is 11.9. The van der Waals surface area contributed by atoms with E-state index in [-0.39, 0.29) is 21.8 Å². The summed E-state index contributed by atoms with van der Waals surface area (Å²) in [5.41, 5.74) is 0.226. The number of benzene rings is 4. The third-order valence-corrected chi connectivity index (χ3v) is 7.11. The van der Waals surface area contributed by atoms with Gasteiger partial charge in [-0.05, 0) is 55.0 Å². The predicted molar refractivity (Wildman–Crippen MR) is 143 cm³/mol. The topological polar surface area (TPSA) is 145 Å². The molecule has 0 aliphatic heterocycles. The van der Waals surface area contributed by atoms with Gasteiger partial charge in [0.25, 0.3) is 21.6 Å². The molecule has 0 aromatic heterocycles. The molecule has 0 aliphatic rings. The lowest BCUT2D eigenvalue weighted by Crippen LogP contribution is -2.30. The van der Waals surface area contributed by atoms with Crippen LogP contribution in [0.5, 0.6) is 0 Å². The first-order valence-electron chi connectivity index (χ1n) is 11.4. The Morgan fingerprint density at radius 1 is 0.921 bits per heavy atom. The zero-order valence-corrected chi connectivity index (χ0v) is 21.2. The summed E-state index contributed by atoms with van der Waals surface area (Å²) in [5, 5.41) is 15.9. The summed E-state index contributed by atoms with van der Waals surface area (Å²) in [6, 6.07) is 22.2. The van der Waals surface area contributed by atoms with Crippen LogP contribution < -0.4 is 10.0 Å². The molecule has 1 atom stereocenters. The van der Waals surface area contributed by atoms with Gasteiger partial charge in [0.1, 0.15) is 0 Å². The minimum Gasteiger partial charge on any atom is -0.449 e. The Morgan fingerprint density at radius 3 is 2.34 bits per heavy atom. The summed E-state index contributed by atoms with van der Waals surface area (Å²) >= 11 is 0. The van der Waals surface area contributed by atoms with Crippen molar-refractivity contribution in [3.8, 4) is 0 Å². The number of nitro groups is 1. The molecule has 38 heavy (non-hydrogen) atoms. The molecule has 0 aliphatic carbocycles. The quantitative estimate of drug-likeness (QED) is 0.183. The molecule has 0 saturated heterocycles. The molecular weight excluding hydrogens is 510 g/mol. The number of hydrogen-bond acceptors (Lipinski definition) is 7. The predicted octanol–water partition coefficient (Wildman–Crippen LogP) is 5.04. The number of carbonyl (C=O) groups is 2. The number of carbonyl (C=O) groups excluding carboxylic acids is 2. The molecule has 0 saturated carbocycles. The van der Waals surface area contributed by atoms with Gasteiger partial charge in [0, 0.05) is 17.3 Å². The van der Waals surface area contributed by atoms with Gasteiger partial charge < -0.3 is 10.1 Å². The van der Waals surface area contributed by atoms with Gasteiger partial charge in [0.15, 0.2) is 6.10 Å². The zero-order valence-electron chi connectivity index (χ0n) is 20.4. The molecule has 0 radical (unpaired) electrons. The number of amides is 1. The molecule has 194 valence electrons. The number of hydrogen-bond donors (Lipinski definition) is 2. The maximum atomic E-state index is 12.9. The number of nitro benzene ring substituents is 1. The van der Waals surface area contributed by atoms with Gasteiger partial charge in [-0.3, -0.25) is 19.6 Å². The Labute approximate surface area is 218 Å². The van der Waals surface area contributed by atoms with Gasteiger partial charge in [-0.2, -0.15) is 0 Å². The second kappa shape index (κ2) is 10.7. The molecule has 0 spiro atoms. The van der Waals surface area contributed by atoms with E-state index in [1.165, 1.54) is 50.2 Å². The number of aryl methyl sites for hydroxylation is 1. The molecule has 4 aromatic rings. The number of ether oxygens (including phenoxy) is 1. The molecule has 0 fully saturated rings. The summed E-state index contributed by atoms with van der Waals surface area (Å²) in [4.78, 5) is 35.8. The van der Waals surface area contributed by atoms with Gasteiger partial charge in [-0.15, -0.1) is 0 Å². The number of fused-ring (bicyclic) bond motifs is 1. The first-order chi connectivity index (χ1) is 18.0. The average Bonchev–Trinajstić information content (AvgIpc) is 2.88. The minimum absolute atomic E-state index is 0.108. The third kappa shape index (κ3) is 5.79. The van der Waals surface area contributed by atoms with Crippen LogP contribution in [0.1, 0.15) is 22.8 Å². The fourth-order valence-electron chi connectivity index (χ4n) is 3.70. The minimum atomic E-state index is -4.29. The summed E-state index contributed by atoms with van der Waals surface area (Å²) in [6.07, 6.45) is -1.20. The smallest absolute Gasteiger partial charge is 0.341 e. The second-order valence-corrected chi connectivity index (χ2v) is 10.1. The fraction of sp³-hybridized carbons (Fsp3) is 0.111. The highest BCUT2D eigenvalue weighted by molar-refractivity contribution is 7.92. The van der Waals surface area contributed by atoms with Crippen molar-refractivity contribution < 1.29 is 27.7 Å². The first-order valence-corrected chi connectivity index (χ1v) is 12.9. The van der Waals surface area contributed by atoms with Crippen LogP contribution in [0.3, 0.4) is 0 Å². The van der Waals surface area contributed by atoms with Crippen molar-refractivity contribution in [2.24, 2.45) is 0 Å². The van der Waals surface area contributed by atoms with Crippen molar-refractivity contribution >= 4 is 49.7 Å². The van der Waals surface area contributed by atoms with Crippen LogP contribution in [-0.4, -0.2) is 31.3 Å². The Kier molecular flexibility index (Phi) is 7.40. The molecule has 1 amide bonds. The zero-order chi connectivity index (χ0) is 27.4. The fourth-order valence-corrected chi connectivity index (χ4v) is 4.79. The molecule has 10 nitrogen and oxygen atoms in total. The second-order valence-electron chi connectivity index (χ2n) is 8.46. The molecule has 4 aromatic carbocycles. The van der Waals surface area contributed by atoms with E-state index in [9.17, 15) is 28.1 Å².